The van der Waals surface area contributed by atoms with Crippen molar-refractivity contribution in [1.29, 1.82) is 0 Å². The normalized spacial score (nSPS) is 14.2. The van der Waals surface area contributed by atoms with E-state index in [1.165, 1.54) is 7.11 Å². The van der Waals surface area contributed by atoms with Gasteiger partial charge in [0.05, 0.1) is 18.1 Å². The standard InChI is InChI=1S/C20H19Cl2N5O2/c1-29-19-18(23-17-12-14(22)4-7-16(17)24-19)25-20(28)27-10-8-26(9-11-27)15-5-2-13(21)3-6-15/h2-7,12H,8-11H2,1H3,(H,23,25,28). The lowest BCUT2D eigenvalue weighted by Gasteiger charge is -2.36. The van der Waals surface area contributed by atoms with Gasteiger partial charge < -0.3 is 14.5 Å². The topological polar surface area (TPSA) is 70.6 Å². The van der Waals surface area contributed by atoms with Crippen LogP contribution in [0.1, 0.15) is 0 Å². The van der Waals surface area contributed by atoms with Gasteiger partial charge in [0.25, 0.3) is 5.88 Å². The van der Waals surface area contributed by atoms with Gasteiger partial charge in [0.15, 0.2) is 5.82 Å². The number of amides is 2. The molecule has 1 aromatic heterocycles. The Bertz CT molecular complexity index is 1040. The molecule has 2 heterocycles. The molecule has 0 saturated carbocycles. The van der Waals surface area contributed by atoms with Crippen LogP contribution in [0.25, 0.3) is 11.0 Å². The van der Waals surface area contributed by atoms with E-state index in [9.17, 15) is 4.79 Å². The molecule has 2 amide bonds. The second-order valence-electron chi connectivity index (χ2n) is 6.60. The van der Waals surface area contributed by atoms with Crippen molar-refractivity contribution in [2.24, 2.45) is 0 Å². The fourth-order valence-corrected chi connectivity index (χ4v) is 3.53. The third-order valence-electron chi connectivity index (χ3n) is 4.77. The van der Waals surface area contributed by atoms with E-state index < -0.39 is 0 Å². The van der Waals surface area contributed by atoms with Gasteiger partial charge in [-0.2, -0.15) is 0 Å². The molecule has 4 rings (SSSR count). The number of nitrogens with one attached hydrogen (secondary N) is 1. The molecule has 0 atom stereocenters. The van der Waals surface area contributed by atoms with Gasteiger partial charge in [0.2, 0.25) is 0 Å². The molecule has 9 heteroatoms. The summed E-state index contributed by atoms with van der Waals surface area (Å²) >= 11 is 12.0. The number of methoxy groups -OCH3 is 1. The lowest BCUT2D eigenvalue weighted by molar-refractivity contribution is 0.208. The molecule has 0 unspecified atom stereocenters. The number of fused-ring (bicyclic) bond motifs is 1. The Balaban J connectivity index is 1.45. The number of rotatable bonds is 3. The Hall–Kier alpha value is -2.77. The maximum Gasteiger partial charge on any atom is 0.323 e. The number of aromatic nitrogens is 2. The van der Waals surface area contributed by atoms with Crippen LogP contribution in [-0.2, 0) is 0 Å². The highest BCUT2D eigenvalue weighted by atomic mass is 35.5. The van der Waals surface area contributed by atoms with Crippen molar-refractivity contribution in [3.63, 3.8) is 0 Å². The van der Waals surface area contributed by atoms with Crippen LogP contribution in [0.3, 0.4) is 0 Å². The molecule has 1 saturated heterocycles. The first-order valence-corrected chi connectivity index (χ1v) is 9.87. The Kier molecular flexibility index (Phi) is 5.60. The summed E-state index contributed by atoms with van der Waals surface area (Å²) in [6, 6.07) is 12.7. The van der Waals surface area contributed by atoms with E-state index in [2.05, 4.69) is 20.2 Å². The maximum absolute atomic E-state index is 12.8. The number of ether oxygens (including phenoxy) is 1. The monoisotopic (exact) mass is 431 g/mol. The molecule has 1 fully saturated rings. The molecule has 2 aromatic carbocycles. The number of carbonyl (C=O) groups is 1. The van der Waals surface area contributed by atoms with E-state index in [4.69, 9.17) is 27.9 Å². The van der Waals surface area contributed by atoms with Crippen molar-refractivity contribution in [2.45, 2.75) is 0 Å². The van der Waals surface area contributed by atoms with Gasteiger partial charge in [-0.3, -0.25) is 5.32 Å². The number of urea groups is 1. The molecule has 1 N–H and O–H groups in total. The predicted octanol–water partition coefficient (Wildman–Crippen LogP) is 4.30. The highest BCUT2D eigenvalue weighted by Gasteiger charge is 2.23. The Morgan fingerprint density at radius 3 is 2.34 bits per heavy atom. The zero-order valence-electron chi connectivity index (χ0n) is 15.7. The van der Waals surface area contributed by atoms with Crippen LogP contribution >= 0.6 is 23.2 Å². The third-order valence-corrected chi connectivity index (χ3v) is 5.26. The van der Waals surface area contributed by atoms with Gasteiger partial charge in [0.1, 0.15) is 0 Å². The second-order valence-corrected chi connectivity index (χ2v) is 7.47. The van der Waals surface area contributed by atoms with E-state index in [0.717, 1.165) is 18.8 Å². The molecule has 0 spiro atoms. The van der Waals surface area contributed by atoms with Crippen molar-refractivity contribution >= 4 is 51.8 Å². The van der Waals surface area contributed by atoms with Gasteiger partial charge in [0, 0.05) is 41.9 Å². The highest BCUT2D eigenvalue weighted by molar-refractivity contribution is 6.31. The molecule has 3 aromatic rings. The fraction of sp³-hybridized carbons (Fsp3) is 0.250. The van der Waals surface area contributed by atoms with E-state index in [-0.39, 0.29) is 17.7 Å². The number of piperazine rings is 1. The van der Waals surface area contributed by atoms with Crippen molar-refractivity contribution in [3.8, 4) is 5.88 Å². The van der Waals surface area contributed by atoms with Gasteiger partial charge in [-0.15, -0.1) is 0 Å². The molecule has 0 radical (unpaired) electrons. The summed E-state index contributed by atoms with van der Waals surface area (Å²) in [5.74, 6) is 0.528. The first kappa shape index (κ1) is 19.5. The van der Waals surface area contributed by atoms with Crippen molar-refractivity contribution in [3.05, 3.63) is 52.5 Å². The Morgan fingerprint density at radius 2 is 1.66 bits per heavy atom. The van der Waals surface area contributed by atoms with Crippen LogP contribution in [-0.4, -0.2) is 54.2 Å². The van der Waals surface area contributed by atoms with Crippen molar-refractivity contribution in [2.75, 3.05) is 43.5 Å². The smallest absolute Gasteiger partial charge is 0.323 e. The Labute approximate surface area is 178 Å². The molecule has 7 nitrogen and oxygen atoms in total. The highest BCUT2D eigenvalue weighted by Crippen LogP contribution is 2.26. The average molecular weight is 432 g/mol. The van der Waals surface area contributed by atoms with E-state index >= 15 is 0 Å². The molecular formula is C20H19Cl2N5O2. The minimum Gasteiger partial charge on any atom is -0.478 e. The molecule has 29 heavy (non-hydrogen) atoms. The number of anilines is 2. The molecule has 0 bridgehead atoms. The largest absolute Gasteiger partial charge is 0.478 e. The zero-order chi connectivity index (χ0) is 20.4. The van der Waals surface area contributed by atoms with E-state index in [1.54, 1.807) is 23.1 Å². The van der Waals surface area contributed by atoms with Crippen molar-refractivity contribution in [1.82, 2.24) is 14.9 Å². The molecular weight excluding hydrogens is 413 g/mol. The summed E-state index contributed by atoms with van der Waals surface area (Å²) in [6.07, 6.45) is 0. The lowest BCUT2D eigenvalue weighted by Crippen LogP contribution is -2.50. The zero-order valence-corrected chi connectivity index (χ0v) is 17.2. The average Bonchev–Trinajstić information content (AvgIpc) is 2.74. The molecule has 150 valence electrons. The maximum atomic E-state index is 12.8. The van der Waals surface area contributed by atoms with Crippen LogP contribution in [0.4, 0.5) is 16.3 Å². The quantitative estimate of drug-likeness (QED) is 0.669. The predicted molar refractivity (Wildman–Crippen MR) is 115 cm³/mol. The number of hydrogen-bond acceptors (Lipinski definition) is 5. The number of hydrogen-bond donors (Lipinski definition) is 1. The summed E-state index contributed by atoms with van der Waals surface area (Å²) in [4.78, 5) is 25.6. The number of halogens is 2. The third kappa shape index (κ3) is 4.31. The summed E-state index contributed by atoms with van der Waals surface area (Å²) in [5, 5.41) is 4.07. The Morgan fingerprint density at radius 1 is 0.966 bits per heavy atom. The van der Waals surface area contributed by atoms with Crippen LogP contribution in [0.5, 0.6) is 5.88 Å². The van der Waals surface area contributed by atoms with Crippen LogP contribution in [0.15, 0.2) is 42.5 Å². The molecule has 1 aliphatic rings. The first-order chi connectivity index (χ1) is 14.0. The van der Waals surface area contributed by atoms with E-state index in [0.29, 0.717) is 34.2 Å². The van der Waals surface area contributed by atoms with Gasteiger partial charge in [-0.25, -0.2) is 14.8 Å². The number of nitrogens with zero attached hydrogens (tertiary/aromatic N) is 4. The van der Waals surface area contributed by atoms with Crippen LogP contribution < -0.4 is 15.0 Å². The minimum atomic E-state index is -0.241. The van der Waals surface area contributed by atoms with Gasteiger partial charge in [-0.05, 0) is 42.5 Å². The number of benzene rings is 2. The first-order valence-electron chi connectivity index (χ1n) is 9.11. The van der Waals surface area contributed by atoms with Gasteiger partial charge in [-0.1, -0.05) is 23.2 Å². The summed E-state index contributed by atoms with van der Waals surface area (Å²) in [7, 11) is 1.49. The number of carbonyl (C=O) groups excluding carboxylic acids is 1. The minimum absolute atomic E-state index is 0.241. The summed E-state index contributed by atoms with van der Waals surface area (Å²) in [5.41, 5.74) is 2.32. The lowest BCUT2D eigenvalue weighted by atomic mass is 10.2. The second kappa shape index (κ2) is 8.31. The molecule has 0 aliphatic carbocycles. The SMILES string of the molecule is COc1nc2ccc(Cl)cc2nc1NC(=O)N1CCN(c2ccc(Cl)cc2)CC1. The summed E-state index contributed by atoms with van der Waals surface area (Å²) < 4.78 is 5.30. The van der Waals surface area contributed by atoms with Crippen LogP contribution in [0.2, 0.25) is 10.0 Å². The van der Waals surface area contributed by atoms with E-state index in [1.807, 2.05) is 24.3 Å². The van der Waals surface area contributed by atoms with Crippen LogP contribution in [0, 0.1) is 0 Å². The van der Waals surface area contributed by atoms with Crippen molar-refractivity contribution < 1.29 is 9.53 Å². The van der Waals surface area contributed by atoms with Gasteiger partial charge >= 0.3 is 6.03 Å². The fourth-order valence-electron chi connectivity index (χ4n) is 3.24. The molecule has 1 aliphatic heterocycles. The summed E-state index contributed by atoms with van der Waals surface area (Å²) in [6.45, 7) is 2.63.